The second-order valence-corrected chi connectivity index (χ2v) is 3.91. The van der Waals surface area contributed by atoms with Gasteiger partial charge in [-0.15, -0.1) is 0 Å². The first-order chi connectivity index (χ1) is 8.12. The molecule has 2 unspecified atom stereocenters. The average Bonchev–Trinajstić information content (AvgIpc) is 2.27. The zero-order chi connectivity index (χ0) is 12.8. The Morgan fingerprint density at radius 1 is 1.29 bits per heavy atom. The maximum Gasteiger partial charge on any atom is 0.126 e. The Hall–Kier alpha value is -1.04. The normalized spacial score (nSPS) is 14.6. The van der Waals surface area contributed by atoms with Crippen molar-refractivity contribution in [1.82, 2.24) is 5.43 Å². The van der Waals surface area contributed by atoms with Crippen LogP contribution in [-0.2, 0) is 4.74 Å². The largest absolute Gasteiger partial charge is 0.379 e. The molecule has 1 aromatic rings. The third kappa shape index (κ3) is 3.73. The number of ether oxygens (including phenoxy) is 1. The van der Waals surface area contributed by atoms with Crippen molar-refractivity contribution in [3.05, 3.63) is 35.4 Å². The Labute approximate surface area is 99.9 Å². The van der Waals surface area contributed by atoms with Crippen molar-refractivity contribution in [3.8, 4) is 0 Å². The highest BCUT2D eigenvalue weighted by Crippen LogP contribution is 2.23. The smallest absolute Gasteiger partial charge is 0.126 e. The third-order valence-electron chi connectivity index (χ3n) is 2.67. The van der Waals surface area contributed by atoms with Crippen LogP contribution in [0.5, 0.6) is 0 Å². The van der Waals surface area contributed by atoms with Crippen LogP contribution in [0.2, 0.25) is 0 Å². The Bertz CT molecular complexity index is 340. The number of benzene rings is 1. The fourth-order valence-electron chi connectivity index (χ4n) is 1.88. The van der Waals surface area contributed by atoms with Gasteiger partial charge in [0.2, 0.25) is 0 Å². The molecule has 0 fully saturated rings. The van der Waals surface area contributed by atoms with E-state index in [-0.39, 0.29) is 6.10 Å². The van der Waals surface area contributed by atoms with Crippen LogP contribution in [0, 0.1) is 11.6 Å². The van der Waals surface area contributed by atoms with Gasteiger partial charge in [-0.25, -0.2) is 8.78 Å². The molecule has 0 saturated carbocycles. The summed E-state index contributed by atoms with van der Waals surface area (Å²) >= 11 is 0. The van der Waals surface area contributed by atoms with Gasteiger partial charge in [-0.2, -0.15) is 0 Å². The summed E-state index contributed by atoms with van der Waals surface area (Å²) in [5.74, 6) is 4.20. The van der Waals surface area contributed by atoms with E-state index < -0.39 is 17.7 Å². The van der Waals surface area contributed by atoms with Gasteiger partial charge in [0.05, 0.1) is 12.1 Å². The minimum absolute atomic E-state index is 0.216. The SMILES string of the molecule is CCCC(OC)C(NN)c1cc(F)cc(F)c1. The highest BCUT2D eigenvalue weighted by atomic mass is 19.1. The molecular formula is C12H18F2N2O. The molecular weight excluding hydrogens is 226 g/mol. The van der Waals surface area contributed by atoms with Crippen LogP contribution in [-0.4, -0.2) is 13.2 Å². The molecule has 0 spiro atoms. The Morgan fingerprint density at radius 3 is 2.29 bits per heavy atom. The minimum atomic E-state index is -0.619. The van der Waals surface area contributed by atoms with E-state index in [0.717, 1.165) is 18.9 Å². The number of rotatable bonds is 6. The van der Waals surface area contributed by atoms with Crippen molar-refractivity contribution >= 4 is 0 Å². The molecule has 0 aliphatic heterocycles. The van der Waals surface area contributed by atoms with Crippen molar-refractivity contribution in [2.45, 2.75) is 31.9 Å². The first-order valence-electron chi connectivity index (χ1n) is 5.57. The molecule has 17 heavy (non-hydrogen) atoms. The summed E-state index contributed by atoms with van der Waals surface area (Å²) in [6.45, 7) is 2.01. The fourth-order valence-corrected chi connectivity index (χ4v) is 1.88. The summed E-state index contributed by atoms with van der Waals surface area (Å²) in [5.41, 5.74) is 3.00. The van der Waals surface area contributed by atoms with Crippen LogP contribution in [0.4, 0.5) is 8.78 Å². The van der Waals surface area contributed by atoms with Gasteiger partial charge in [0.25, 0.3) is 0 Å². The molecule has 96 valence electrons. The predicted octanol–water partition coefficient (Wildman–Crippen LogP) is 2.28. The molecule has 0 aliphatic carbocycles. The lowest BCUT2D eigenvalue weighted by molar-refractivity contribution is 0.0604. The van der Waals surface area contributed by atoms with Crippen molar-refractivity contribution in [2.24, 2.45) is 5.84 Å². The number of methoxy groups -OCH3 is 1. The summed E-state index contributed by atoms with van der Waals surface area (Å²) in [4.78, 5) is 0. The summed E-state index contributed by atoms with van der Waals surface area (Å²) < 4.78 is 31.5. The maximum absolute atomic E-state index is 13.1. The molecule has 0 amide bonds. The highest BCUT2D eigenvalue weighted by molar-refractivity contribution is 5.22. The van der Waals surface area contributed by atoms with Crippen LogP contribution in [0.15, 0.2) is 18.2 Å². The highest BCUT2D eigenvalue weighted by Gasteiger charge is 2.22. The van der Waals surface area contributed by atoms with Crippen molar-refractivity contribution in [1.29, 1.82) is 0 Å². The van der Waals surface area contributed by atoms with E-state index in [1.54, 1.807) is 7.11 Å². The summed E-state index contributed by atoms with van der Waals surface area (Å²) in [7, 11) is 1.56. The molecule has 1 aromatic carbocycles. The number of hydrogen-bond donors (Lipinski definition) is 2. The molecule has 3 N–H and O–H groups in total. The first kappa shape index (κ1) is 14.0. The van der Waals surface area contributed by atoms with Gasteiger partial charge in [-0.3, -0.25) is 11.3 Å². The fraction of sp³-hybridized carbons (Fsp3) is 0.500. The molecule has 0 heterocycles. The lowest BCUT2D eigenvalue weighted by Crippen LogP contribution is -2.37. The molecule has 0 bridgehead atoms. The zero-order valence-electron chi connectivity index (χ0n) is 10.0. The van der Waals surface area contributed by atoms with Crippen LogP contribution in [0.3, 0.4) is 0 Å². The molecule has 3 nitrogen and oxygen atoms in total. The molecule has 1 rings (SSSR count). The van der Waals surface area contributed by atoms with E-state index >= 15 is 0 Å². The second-order valence-electron chi connectivity index (χ2n) is 3.91. The van der Waals surface area contributed by atoms with Gasteiger partial charge in [0.15, 0.2) is 0 Å². The summed E-state index contributed by atoms with van der Waals surface area (Å²) in [6.07, 6.45) is 1.43. The predicted molar refractivity (Wildman–Crippen MR) is 62.1 cm³/mol. The second kappa shape index (κ2) is 6.64. The van der Waals surface area contributed by atoms with E-state index in [9.17, 15) is 8.78 Å². The molecule has 0 aliphatic rings. The van der Waals surface area contributed by atoms with E-state index in [4.69, 9.17) is 10.6 Å². The quantitative estimate of drug-likeness (QED) is 0.596. The van der Waals surface area contributed by atoms with Gasteiger partial charge in [0, 0.05) is 13.2 Å². The Morgan fingerprint density at radius 2 is 1.88 bits per heavy atom. The topological polar surface area (TPSA) is 47.3 Å². The maximum atomic E-state index is 13.1. The number of hydrazine groups is 1. The lowest BCUT2D eigenvalue weighted by Gasteiger charge is -2.25. The van der Waals surface area contributed by atoms with Crippen molar-refractivity contribution < 1.29 is 13.5 Å². The minimum Gasteiger partial charge on any atom is -0.379 e. The van der Waals surface area contributed by atoms with Crippen LogP contribution in [0.25, 0.3) is 0 Å². The van der Waals surface area contributed by atoms with Gasteiger partial charge in [0.1, 0.15) is 11.6 Å². The van der Waals surface area contributed by atoms with Crippen molar-refractivity contribution in [3.63, 3.8) is 0 Å². The standard InChI is InChI=1S/C12H18F2N2O/c1-3-4-11(17-2)12(16-15)8-5-9(13)7-10(14)6-8/h5-7,11-12,16H,3-4,15H2,1-2H3. The number of nitrogens with one attached hydrogen (secondary N) is 1. The van der Waals surface area contributed by atoms with Crippen LogP contribution < -0.4 is 11.3 Å². The van der Waals surface area contributed by atoms with Gasteiger partial charge >= 0.3 is 0 Å². The lowest BCUT2D eigenvalue weighted by atomic mass is 9.98. The zero-order valence-corrected chi connectivity index (χ0v) is 10.0. The number of hydrogen-bond acceptors (Lipinski definition) is 3. The number of nitrogens with two attached hydrogens (primary N) is 1. The first-order valence-corrected chi connectivity index (χ1v) is 5.57. The van der Waals surface area contributed by atoms with E-state index in [1.807, 2.05) is 6.92 Å². The molecule has 0 radical (unpaired) electrons. The average molecular weight is 244 g/mol. The molecule has 5 heteroatoms. The summed E-state index contributed by atoms with van der Waals surface area (Å²) in [5, 5.41) is 0. The van der Waals surface area contributed by atoms with Gasteiger partial charge < -0.3 is 4.74 Å². The van der Waals surface area contributed by atoms with Crippen molar-refractivity contribution in [2.75, 3.05) is 7.11 Å². The van der Waals surface area contributed by atoms with Crippen LogP contribution >= 0.6 is 0 Å². The van der Waals surface area contributed by atoms with Gasteiger partial charge in [-0.1, -0.05) is 13.3 Å². The van der Waals surface area contributed by atoms with E-state index in [2.05, 4.69) is 5.43 Å². The molecule has 2 atom stereocenters. The molecule has 0 saturated heterocycles. The number of halogens is 2. The molecule has 0 aromatic heterocycles. The summed E-state index contributed by atoms with van der Waals surface area (Å²) in [6, 6.07) is 2.92. The Kier molecular flexibility index (Phi) is 5.47. The van der Waals surface area contributed by atoms with E-state index in [0.29, 0.717) is 5.56 Å². The Balaban J connectivity index is 2.98. The van der Waals surface area contributed by atoms with Gasteiger partial charge in [-0.05, 0) is 24.1 Å². The monoisotopic (exact) mass is 244 g/mol. The third-order valence-corrected chi connectivity index (χ3v) is 2.67. The van der Waals surface area contributed by atoms with Crippen LogP contribution in [0.1, 0.15) is 31.4 Å². The van der Waals surface area contributed by atoms with E-state index in [1.165, 1.54) is 12.1 Å².